The maximum atomic E-state index is 12.6. The number of ether oxygens (including phenoxy) is 1. The molecule has 1 aromatic rings. The molecule has 1 aliphatic rings. The third-order valence-electron chi connectivity index (χ3n) is 3.75. The summed E-state index contributed by atoms with van der Waals surface area (Å²) < 4.78 is 90.5. The number of nitro benzene ring substituents is 1. The molecule has 1 saturated heterocycles. The fourth-order valence-electron chi connectivity index (χ4n) is 2.35. The van der Waals surface area contributed by atoms with Gasteiger partial charge in [-0.25, -0.2) is 16.8 Å². The Hall–Kier alpha value is -2.26. The first-order chi connectivity index (χ1) is 12.8. The van der Waals surface area contributed by atoms with Crippen LogP contribution in [-0.4, -0.2) is 70.1 Å². The highest BCUT2D eigenvalue weighted by molar-refractivity contribution is 7.92. The van der Waals surface area contributed by atoms with Crippen molar-refractivity contribution >= 4 is 31.3 Å². The molecule has 1 amide bonds. The summed E-state index contributed by atoms with van der Waals surface area (Å²) in [6.45, 7) is 0.574. The van der Waals surface area contributed by atoms with Crippen molar-refractivity contribution in [2.75, 3.05) is 32.1 Å². The van der Waals surface area contributed by atoms with Gasteiger partial charge in [-0.05, 0) is 12.1 Å². The van der Waals surface area contributed by atoms with E-state index in [1.165, 1.54) is 0 Å². The monoisotopic (exact) mass is 446 g/mol. The molecule has 1 aliphatic heterocycles. The molecule has 0 spiro atoms. The van der Waals surface area contributed by atoms with Gasteiger partial charge in [0.2, 0.25) is 5.91 Å². The van der Waals surface area contributed by atoms with E-state index in [0.29, 0.717) is 12.1 Å². The molecule has 0 saturated carbocycles. The van der Waals surface area contributed by atoms with Gasteiger partial charge < -0.3 is 9.64 Å². The number of hydrogen-bond acceptors (Lipinski definition) is 8. The molecule has 0 atom stereocenters. The van der Waals surface area contributed by atoms with Crippen molar-refractivity contribution < 1.29 is 44.5 Å². The first-order valence-corrected chi connectivity index (χ1v) is 10.6. The number of benzene rings is 1. The number of alkyl halides is 3. The highest BCUT2D eigenvalue weighted by atomic mass is 32.2. The van der Waals surface area contributed by atoms with E-state index in [0.717, 1.165) is 4.90 Å². The fraction of sp³-hybridized carbons (Fsp3) is 0.462. The first kappa shape index (κ1) is 22.0. The number of morpholine rings is 1. The minimum atomic E-state index is -5.92. The zero-order chi connectivity index (χ0) is 21.3. The van der Waals surface area contributed by atoms with Crippen LogP contribution in [0.25, 0.3) is 0 Å². The molecular weight excluding hydrogens is 433 g/mol. The number of carbonyl (C=O) groups is 1. The minimum Gasteiger partial charge on any atom is -0.378 e. The summed E-state index contributed by atoms with van der Waals surface area (Å²) in [6, 6.07) is 0.676. The molecule has 1 aromatic carbocycles. The predicted octanol–water partition coefficient (Wildman–Crippen LogP) is 0.521. The Kier molecular flexibility index (Phi) is 6.01. The molecule has 10 nitrogen and oxygen atoms in total. The third-order valence-corrected chi connectivity index (χ3v) is 6.88. The van der Waals surface area contributed by atoms with Crippen molar-refractivity contribution in [1.29, 1.82) is 0 Å². The third kappa shape index (κ3) is 4.41. The van der Waals surface area contributed by atoms with Crippen molar-refractivity contribution in [2.45, 2.75) is 15.3 Å². The Morgan fingerprint density at radius 2 is 1.75 bits per heavy atom. The van der Waals surface area contributed by atoms with Crippen molar-refractivity contribution in [3.8, 4) is 0 Å². The summed E-state index contributed by atoms with van der Waals surface area (Å²) in [5.74, 6) is -2.04. The van der Waals surface area contributed by atoms with Crippen LogP contribution < -0.4 is 0 Å². The number of halogens is 3. The van der Waals surface area contributed by atoms with Crippen molar-refractivity contribution in [2.24, 2.45) is 0 Å². The van der Waals surface area contributed by atoms with E-state index in [4.69, 9.17) is 4.74 Å². The van der Waals surface area contributed by atoms with E-state index in [2.05, 4.69) is 0 Å². The number of carbonyl (C=O) groups excluding carboxylic acids is 1. The number of nitrogens with zero attached hydrogens (tertiary/aromatic N) is 2. The molecule has 0 bridgehead atoms. The van der Waals surface area contributed by atoms with Crippen LogP contribution in [-0.2, 0) is 29.2 Å². The minimum absolute atomic E-state index is 0.00885. The fourth-order valence-corrected chi connectivity index (χ4v) is 4.52. The topological polar surface area (TPSA) is 141 Å². The summed E-state index contributed by atoms with van der Waals surface area (Å²) in [6.07, 6.45) is 0. The van der Waals surface area contributed by atoms with E-state index >= 15 is 0 Å². The van der Waals surface area contributed by atoms with E-state index in [1.807, 2.05) is 0 Å². The first-order valence-electron chi connectivity index (χ1n) is 7.45. The summed E-state index contributed by atoms with van der Waals surface area (Å²) in [4.78, 5) is 20.5. The van der Waals surface area contributed by atoms with Gasteiger partial charge >= 0.3 is 5.51 Å². The molecular formula is C13H13F3N2O8S2. The summed E-state index contributed by atoms with van der Waals surface area (Å²) in [5.41, 5.74) is -7.10. The summed E-state index contributed by atoms with van der Waals surface area (Å²) in [5, 5.41) is 11.1. The van der Waals surface area contributed by atoms with Crippen LogP contribution in [0.1, 0.15) is 0 Å². The van der Waals surface area contributed by atoms with Crippen molar-refractivity contribution in [3.05, 3.63) is 28.3 Å². The van der Waals surface area contributed by atoms with Gasteiger partial charge in [0, 0.05) is 19.2 Å². The van der Waals surface area contributed by atoms with Gasteiger partial charge in [0.05, 0.1) is 23.0 Å². The molecule has 156 valence electrons. The SMILES string of the molecule is O=C(CS(=O)(=O)c1ccc(S(=O)(=O)C(F)(F)F)cc1[N+](=O)[O-])N1CCOCC1. The van der Waals surface area contributed by atoms with Gasteiger partial charge in [-0.3, -0.25) is 14.9 Å². The quantitative estimate of drug-likeness (QED) is 0.471. The van der Waals surface area contributed by atoms with E-state index in [9.17, 15) is 44.9 Å². The lowest BCUT2D eigenvalue weighted by Gasteiger charge is -2.26. The van der Waals surface area contributed by atoms with Gasteiger partial charge in [-0.2, -0.15) is 13.2 Å². The number of sulfone groups is 2. The molecule has 1 heterocycles. The van der Waals surface area contributed by atoms with Crippen LogP contribution in [0.15, 0.2) is 28.0 Å². The standard InChI is InChI=1S/C13H13F3N2O8S2/c14-13(15,16)28(24,25)9-1-2-11(10(7-9)18(20)21)27(22,23)8-12(19)17-3-5-26-6-4-17/h1-2,7H,3-6,8H2. The highest BCUT2D eigenvalue weighted by Crippen LogP contribution is 2.34. The average molecular weight is 446 g/mol. The molecule has 0 aromatic heterocycles. The van der Waals surface area contributed by atoms with E-state index in [-0.39, 0.29) is 32.4 Å². The normalized spacial score (nSPS) is 16.0. The molecule has 0 aliphatic carbocycles. The maximum Gasteiger partial charge on any atom is 0.501 e. The van der Waals surface area contributed by atoms with Crippen molar-refractivity contribution in [3.63, 3.8) is 0 Å². The van der Waals surface area contributed by atoms with Crippen LogP contribution in [0.4, 0.5) is 18.9 Å². The zero-order valence-corrected chi connectivity index (χ0v) is 15.5. The summed E-state index contributed by atoms with van der Waals surface area (Å²) >= 11 is 0. The number of nitro groups is 1. The maximum absolute atomic E-state index is 12.6. The van der Waals surface area contributed by atoms with Crippen LogP contribution >= 0.6 is 0 Å². The van der Waals surface area contributed by atoms with Crippen LogP contribution in [0.2, 0.25) is 0 Å². The van der Waals surface area contributed by atoms with Gasteiger partial charge in [0.15, 0.2) is 9.84 Å². The average Bonchev–Trinajstić information content (AvgIpc) is 2.60. The van der Waals surface area contributed by atoms with Crippen LogP contribution in [0.3, 0.4) is 0 Å². The Morgan fingerprint density at radius 3 is 2.25 bits per heavy atom. The Labute approximate surface area is 156 Å². The molecule has 28 heavy (non-hydrogen) atoms. The lowest BCUT2D eigenvalue weighted by atomic mass is 10.3. The lowest BCUT2D eigenvalue weighted by molar-refractivity contribution is -0.388. The molecule has 0 radical (unpaired) electrons. The second kappa shape index (κ2) is 7.63. The summed E-state index contributed by atoms with van der Waals surface area (Å²) in [7, 11) is -10.6. The van der Waals surface area contributed by atoms with Crippen LogP contribution in [0, 0.1) is 10.1 Å². The zero-order valence-electron chi connectivity index (χ0n) is 13.9. The van der Waals surface area contributed by atoms with Gasteiger partial charge in [0.25, 0.3) is 15.5 Å². The van der Waals surface area contributed by atoms with Crippen molar-refractivity contribution in [1.82, 2.24) is 4.90 Å². The number of rotatable bonds is 5. The highest BCUT2D eigenvalue weighted by Gasteiger charge is 2.47. The van der Waals surface area contributed by atoms with E-state index < -0.39 is 57.2 Å². The van der Waals surface area contributed by atoms with Crippen LogP contribution in [0.5, 0.6) is 0 Å². The molecule has 0 unspecified atom stereocenters. The second-order valence-corrected chi connectivity index (χ2v) is 9.49. The van der Waals surface area contributed by atoms with Gasteiger partial charge in [-0.15, -0.1) is 0 Å². The predicted molar refractivity (Wildman–Crippen MR) is 85.8 cm³/mol. The number of hydrogen-bond donors (Lipinski definition) is 0. The van der Waals surface area contributed by atoms with Gasteiger partial charge in [-0.1, -0.05) is 0 Å². The van der Waals surface area contributed by atoms with Gasteiger partial charge in [0.1, 0.15) is 10.6 Å². The molecule has 0 N–H and O–H groups in total. The largest absolute Gasteiger partial charge is 0.501 e. The molecule has 2 rings (SSSR count). The van der Waals surface area contributed by atoms with E-state index in [1.54, 1.807) is 0 Å². The Bertz CT molecular complexity index is 999. The molecule has 1 fully saturated rings. The Morgan fingerprint density at radius 1 is 1.18 bits per heavy atom. The molecule has 15 heteroatoms. The second-order valence-electron chi connectivity index (χ2n) is 5.59. The number of amides is 1. The smallest absolute Gasteiger partial charge is 0.378 e. The lowest BCUT2D eigenvalue weighted by Crippen LogP contribution is -2.43. The Balaban J connectivity index is 2.44.